The summed E-state index contributed by atoms with van der Waals surface area (Å²) in [5.41, 5.74) is 0.895. The Morgan fingerprint density at radius 2 is 1.73 bits per heavy atom. The van der Waals surface area contributed by atoms with E-state index in [0.29, 0.717) is 35.8 Å². The summed E-state index contributed by atoms with van der Waals surface area (Å²) in [5.74, 6) is 0.577. The van der Waals surface area contributed by atoms with Crippen LogP contribution < -0.4 is 14.8 Å². The van der Waals surface area contributed by atoms with Gasteiger partial charge in [0.15, 0.2) is 6.10 Å². The van der Waals surface area contributed by atoms with E-state index < -0.39 is 12.1 Å². The van der Waals surface area contributed by atoms with Gasteiger partial charge < -0.3 is 19.5 Å². The van der Waals surface area contributed by atoms with E-state index >= 15 is 0 Å². The number of nitrogens with one attached hydrogen (secondary N) is 1. The number of hydrogen-bond acceptors (Lipinski definition) is 5. The first-order valence-corrected chi connectivity index (χ1v) is 8.46. The van der Waals surface area contributed by atoms with Crippen molar-refractivity contribution in [1.29, 1.82) is 0 Å². The van der Waals surface area contributed by atoms with E-state index in [-0.39, 0.29) is 5.91 Å². The molecule has 0 saturated heterocycles. The average Bonchev–Trinajstić information content (AvgIpc) is 2.67. The molecule has 0 heterocycles. The number of hydrogen-bond donors (Lipinski definition) is 1. The van der Waals surface area contributed by atoms with Crippen molar-refractivity contribution in [2.45, 2.75) is 26.4 Å². The summed E-state index contributed by atoms with van der Waals surface area (Å²) in [5, 5.41) is 2.78. The number of rotatable bonds is 8. The summed E-state index contributed by atoms with van der Waals surface area (Å²) < 4.78 is 15.8. The molecule has 0 aliphatic heterocycles. The normalized spacial score (nSPS) is 11.3. The largest absolute Gasteiger partial charge is 0.497 e. The minimum absolute atomic E-state index is 0.288. The van der Waals surface area contributed by atoms with Crippen molar-refractivity contribution in [2.75, 3.05) is 19.0 Å². The van der Waals surface area contributed by atoms with Gasteiger partial charge in [0.1, 0.15) is 11.5 Å². The lowest BCUT2D eigenvalue weighted by atomic mass is 10.2. The number of anilines is 1. The fourth-order valence-corrected chi connectivity index (χ4v) is 2.30. The number of carbonyl (C=O) groups is 2. The number of carbonyl (C=O) groups excluding carboxylic acids is 2. The molecule has 138 valence electrons. The molecule has 2 rings (SSSR count). The van der Waals surface area contributed by atoms with E-state index in [1.807, 2.05) is 6.92 Å². The first kappa shape index (κ1) is 19.3. The third-order valence-electron chi connectivity index (χ3n) is 3.64. The Morgan fingerprint density at radius 1 is 1.04 bits per heavy atom. The highest BCUT2D eigenvalue weighted by atomic mass is 16.5. The third-order valence-corrected chi connectivity index (χ3v) is 3.64. The van der Waals surface area contributed by atoms with Gasteiger partial charge in [-0.25, -0.2) is 4.79 Å². The maximum Gasteiger partial charge on any atom is 0.338 e. The standard InChI is InChI=1S/C20H23NO5/c1-4-18(26-17-11-9-16(24-3)10-12-17)19(22)21-15-8-6-7-14(13-15)20(23)25-5-2/h6-13,18H,4-5H2,1-3H3,(H,21,22). The summed E-state index contributed by atoms with van der Waals surface area (Å²) in [6, 6.07) is 13.6. The number of ether oxygens (including phenoxy) is 3. The van der Waals surface area contributed by atoms with Gasteiger partial charge in [-0.15, -0.1) is 0 Å². The highest BCUT2D eigenvalue weighted by molar-refractivity contribution is 5.96. The number of methoxy groups -OCH3 is 1. The molecule has 2 aromatic rings. The van der Waals surface area contributed by atoms with Gasteiger partial charge in [-0.05, 0) is 55.8 Å². The maximum atomic E-state index is 12.5. The van der Waals surface area contributed by atoms with Crippen LogP contribution in [0.25, 0.3) is 0 Å². The fourth-order valence-electron chi connectivity index (χ4n) is 2.30. The Hall–Kier alpha value is -3.02. The van der Waals surface area contributed by atoms with Gasteiger partial charge in [0.2, 0.25) is 0 Å². The molecule has 0 fully saturated rings. The highest BCUT2D eigenvalue weighted by Crippen LogP contribution is 2.20. The smallest absolute Gasteiger partial charge is 0.338 e. The lowest BCUT2D eigenvalue weighted by Crippen LogP contribution is -2.32. The second-order valence-electron chi connectivity index (χ2n) is 5.48. The molecular formula is C20H23NO5. The molecule has 6 heteroatoms. The lowest BCUT2D eigenvalue weighted by Gasteiger charge is -2.17. The summed E-state index contributed by atoms with van der Waals surface area (Å²) in [4.78, 5) is 24.3. The number of esters is 1. The van der Waals surface area contributed by atoms with Crippen molar-refractivity contribution in [2.24, 2.45) is 0 Å². The topological polar surface area (TPSA) is 73.9 Å². The van der Waals surface area contributed by atoms with Crippen LogP contribution in [0.15, 0.2) is 48.5 Å². The van der Waals surface area contributed by atoms with Crippen LogP contribution in [0.4, 0.5) is 5.69 Å². The zero-order valence-corrected chi connectivity index (χ0v) is 15.2. The maximum absolute atomic E-state index is 12.5. The minimum Gasteiger partial charge on any atom is -0.497 e. The number of amides is 1. The van der Waals surface area contributed by atoms with Crippen LogP contribution >= 0.6 is 0 Å². The Labute approximate surface area is 153 Å². The molecule has 0 aromatic heterocycles. The molecular weight excluding hydrogens is 334 g/mol. The molecule has 1 atom stereocenters. The monoisotopic (exact) mass is 357 g/mol. The third kappa shape index (κ3) is 5.24. The van der Waals surface area contributed by atoms with Gasteiger partial charge in [0.25, 0.3) is 5.91 Å². The van der Waals surface area contributed by atoms with Gasteiger partial charge >= 0.3 is 5.97 Å². The molecule has 0 radical (unpaired) electrons. The average molecular weight is 357 g/mol. The SMILES string of the molecule is CCOC(=O)c1cccc(NC(=O)C(CC)Oc2ccc(OC)cc2)c1. The molecule has 26 heavy (non-hydrogen) atoms. The van der Waals surface area contributed by atoms with E-state index in [1.54, 1.807) is 62.6 Å². The van der Waals surface area contributed by atoms with Crippen molar-refractivity contribution in [1.82, 2.24) is 0 Å². The Bertz CT molecular complexity index is 742. The first-order valence-electron chi connectivity index (χ1n) is 8.46. The lowest BCUT2D eigenvalue weighted by molar-refractivity contribution is -0.122. The molecule has 0 saturated carbocycles. The Morgan fingerprint density at radius 3 is 2.35 bits per heavy atom. The summed E-state index contributed by atoms with van der Waals surface area (Å²) in [6.45, 7) is 3.90. The second kappa shape index (κ2) is 9.46. The predicted octanol–water partition coefficient (Wildman–Crippen LogP) is 3.67. The predicted molar refractivity (Wildman–Crippen MR) is 98.7 cm³/mol. The van der Waals surface area contributed by atoms with Crippen molar-refractivity contribution in [3.63, 3.8) is 0 Å². The van der Waals surface area contributed by atoms with E-state index in [0.717, 1.165) is 0 Å². The molecule has 0 bridgehead atoms. The zero-order chi connectivity index (χ0) is 18.9. The molecule has 1 N–H and O–H groups in total. The van der Waals surface area contributed by atoms with Crippen LogP contribution in [0.3, 0.4) is 0 Å². The van der Waals surface area contributed by atoms with Crippen LogP contribution in [0.5, 0.6) is 11.5 Å². The minimum atomic E-state index is -0.658. The Balaban J connectivity index is 2.04. The van der Waals surface area contributed by atoms with Crippen LogP contribution in [0.2, 0.25) is 0 Å². The molecule has 1 amide bonds. The van der Waals surface area contributed by atoms with E-state index in [9.17, 15) is 9.59 Å². The highest BCUT2D eigenvalue weighted by Gasteiger charge is 2.19. The second-order valence-corrected chi connectivity index (χ2v) is 5.48. The quantitative estimate of drug-likeness (QED) is 0.730. The van der Waals surface area contributed by atoms with Gasteiger partial charge in [0, 0.05) is 5.69 Å². The molecule has 2 aromatic carbocycles. The first-order chi connectivity index (χ1) is 12.6. The van der Waals surface area contributed by atoms with Crippen molar-refractivity contribution in [3.05, 3.63) is 54.1 Å². The van der Waals surface area contributed by atoms with Gasteiger partial charge in [-0.3, -0.25) is 4.79 Å². The zero-order valence-electron chi connectivity index (χ0n) is 15.2. The Kier molecular flexibility index (Phi) is 7.02. The molecule has 1 unspecified atom stereocenters. The van der Waals surface area contributed by atoms with E-state index in [4.69, 9.17) is 14.2 Å². The van der Waals surface area contributed by atoms with Gasteiger partial charge in [-0.1, -0.05) is 13.0 Å². The summed E-state index contributed by atoms with van der Waals surface area (Å²) in [7, 11) is 1.59. The molecule has 0 aliphatic rings. The number of benzene rings is 2. The molecule has 0 aliphatic carbocycles. The van der Waals surface area contributed by atoms with Crippen LogP contribution in [-0.2, 0) is 9.53 Å². The molecule has 6 nitrogen and oxygen atoms in total. The fraction of sp³-hybridized carbons (Fsp3) is 0.300. The van der Waals surface area contributed by atoms with Gasteiger partial charge in [0.05, 0.1) is 19.3 Å². The van der Waals surface area contributed by atoms with Crippen LogP contribution in [0.1, 0.15) is 30.6 Å². The van der Waals surface area contributed by atoms with E-state index in [2.05, 4.69) is 5.32 Å². The van der Waals surface area contributed by atoms with Crippen LogP contribution in [-0.4, -0.2) is 31.7 Å². The van der Waals surface area contributed by atoms with Crippen molar-refractivity contribution >= 4 is 17.6 Å². The van der Waals surface area contributed by atoms with Crippen molar-refractivity contribution < 1.29 is 23.8 Å². The van der Waals surface area contributed by atoms with Gasteiger partial charge in [-0.2, -0.15) is 0 Å². The summed E-state index contributed by atoms with van der Waals surface area (Å²) >= 11 is 0. The van der Waals surface area contributed by atoms with E-state index in [1.165, 1.54) is 0 Å². The molecule has 0 spiro atoms. The van der Waals surface area contributed by atoms with Crippen LogP contribution in [0, 0.1) is 0 Å². The summed E-state index contributed by atoms with van der Waals surface area (Å²) in [6.07, 6.45) is -0.162. The van der Waals surface area contributed by atoms with Crippen molar-refractivity contribution in [3.8, 4) is 11.5 Å².